The third-order valence-corrected chi connectivity index (χ3v) is 4.45. The molecule has 0 radical (unpaired) electrons. The Bertz CT molecular complexity index is 601. The zero-order chi connectivity index (χ0) is 14.0. The average molecular weight is 380 g/mol. The lowest BCUT2D eigenvalue weighted by Gasteiger charge is -2.14. The van der Waals surface area contributed by atoms with Gasteiger partial charge in [0.1, 0.15) is 0 Å². The van der Waals surface area contributed by atoms with Gasteiger partial charge in [-0.25, -0.2) is 0 Å². The topological polar surface area (TPSA) is 20.2 Å². The van der Waals surface area contributed by atoms with Crippen molar-refractivity contribution in [3.05, 3.63) is 67.1 Å². The fourth-order valence-electron chi connectivity index (χ4n) is 1.78. The van der Waals surface area contributed by atoms with Crippen LogP contribution in [0, 0.1) is 0 Å². The highest BCUT2D eigenvalue weighted by Crippen LogP contribution is 2.33. The first kappa shape index (κ1) is 15.1. The van der Waals surface area contributed by atoms with Crippen molar-refractivity contribution < 1.29 is 5.11 Å². The van der Waals surface area contributed by atoms with Crippen molar-refractivity contribution in [2.45, 2.75) is 12.5 Å². The fraction of sp³-hybridized carbons (Fsp3) is 0.143. The van der Waals surface area contributed by atoms with E-state index in [0.717, 1.165) is 10.0 Å². The molecule has 1 N–H and O–H groups in total. The third kappa shape index (κ3) is 3.65. The quantitative estimate of drug-likeness (QED) is 0.726. The van der Waals surface area contributed by atoms with Gasteiger partial charge in [-0.05, 0) is 23.8 Å². The smallest absolute Gasteiger partial charge is 0.0845 e. The average Bonchev–Trinajstić information content (AvgIpc) is 2.36. The molecule has 0 bridgehead atoms. The maximum Gasteiger partial charge on any atom is 0.0845 e. The summed E-state index contributed by atoms with van der Waals surface area (Å²) < 4.78 is 0.900. The Morgan fingerprint density at radius 2 is 1.79 bits per heavy atom. The van der Waals surface area contributed by atoms with Crippen LogP contribution in [0.15, 0.2) is 40.9 Å². The Balaban J connectivity index is 2.25. The van der Waals surface area contributed by atoms with Gasteiger partial charge in [-0.15, -0.1) is 0 Å². The number of rotatable bonds is 3. The number of hydrogen-bond acceptors (Lipinski definition) is 1. The second-order valence-corrected chi connectivity index (χ2v) is 6.21. The van der Waals surface area contributed by atoms with E-state index in [-0.39, 0.29) is 0 Å². The van der Waals surface area contributed by atoms with E-state index in [1.165, 1.54) is 0 Å². The first-order valence-electron chi connectivity index (χ1n) is 5.55. The van der Waals surface area contributed by atoms with Crippen LogP contribution in [0.1, 0.15) is 17.2 Å². The van der Waals surface area contributed by atoms with Crippen molar-refractivity contribution in [1.29, 1.82) is 0 Å². The molecule has 0 saturated carbocycles. The molecular formula is C14H10BrCl3O. The largest absolute Gasteiger partial charge is 0.388 e. The summed E-state index contributed by atoms with van der Waals surface area (Å²) in [4.78, 5) is 0. The first-order chi connectivity index (χ1) is 8.99. The molecular weight excluding hydrogens is 370 g/mol. The molecule has 1 atom stereocenters. The monoisotopic (exact) mass is 378 g/mol. The molecule has 1 nitrogen and oxygen atoms in total. The molecule has 0 aliphatic rings. The fourth-order valence-corrected chi connectivity index (χ4v) is 2.97. The highest BCUT2D eigenvalue weighted by molar-refractivity contribution is 9.10. The van der Waals surface area contributed by atoms with Gasteiger partial charge in [0, 0.05) is 21.5 Å². The summed E-state index contributed by atoms with van der Waals surface area (Å²) >= 11 is 21.5. The number of hydrogen-bond donors (Lipinski definition) is 1. The van der Waals surface area contributed by atoms with Gasteiger partial charge in [0.05, 0.1) is 16.1 Å². The van der Waals surface area contributed by atoms with E-state index in [4.69, 9.17) is 34.8 Å². The maximum absolute atomic E-state index is 10.3. The summed E-state index contributed by atoms with van der Waals surface area (Å²) in [6.45, 7) is 0. The Hall–Kier alpha value is -0.250. The summed E-state index contributed by atoms with van der Waals surface area (Å²) in [5, 5.41) is 11.7. The normalized spacial score (nSPS) is 12.5. The van der Waals surface area contributed by atoms with E-state index in [1.54, 1.807) is 24.3 Å². The summed E-state index contributed by atoms with van der Waals surface area (Å²) in [5.41, 5.74) is 1.46. The highest BCUT2D eigenvalue weighted by Gasteiger charge is 2.15. The van der Waals surface area contributed by atoms with Crippen LogP contribution in [-0.2, 0) is 6.42 Å². The number of halogens is 4. The SMILES string of the molecule is OC(Cc1ccc(Br)cc1Cl)c1cccc(Cl)c1Cl. The minimum Gasteiger partial charge on any atom is -0.388 e. The number of aliphatic hydroxyl groups excluding tert-OH is 1. The molecule has 2 rings (SSSR count). The Kier molecular flexibility index (Phi) is 5.15. The van der Waals surface area contributed by atoms with Crippen LogP contribution in [0.3, 0.4) is 0 Å². The summed E-state index contributed by atoms with van der Waals surface area (Å²) in [6.07, 6.45) is -0.364. The predicted octanol–water partition coefficient (Wildman–Crippen LogP) is 5.69. The second kappa shape index (κ2) is 6.47. The van der Waals surface area contributed by atoms with Gasteiger partial charge in [0.2, 0.25) is 0 Å². The molecule has 0 spiro atoms. The predicted molar refractivity (Wildman–Crippen MR) is 84.3 cm³/mol. The molecule has 1 unspecified atom stereocenters. The molecule has 2 aromatic rings. The van der Waals surface area contributed by atoms with Gasteiger partial charge >= 0.3 is 0 Å². The van der Waals surface area contributed by atoms with Crippen LogP contribution >= 0.6 is 50.7 Å². The minimum atomic E-state index is -0.745. The zero-order valence-electron chi connectivity index (χ0n) is 9.71. The van der Waals surface area contributed by atoms with Crippen molar-refractivity contribution in [2.24, 2.45) is 0 Å². The lowest BCUT2D eigenvalue weighted by molar-refractivity contribution is 0.178. The van der Waals surface area contributed by atoms with Gasteiger partial charge in [-0.2, -0.15) is 0 Å². The molecule has 5 heteroatoms. The van der Waals surface area contributed by atoms with Crippen LogP contribution in [-0.4, -0.2) is 5.11 Å². The molecule has 0 amide bonds. The van der Waals surface area contributed by atoms with Gasteiger partial charge < -0.3 is 5.11 Å². The van der Waals surface area contributed by atoms with E-state index in [2.05, 4.69) is 15.9 Å². The lowest BCUT2D eigenvalue weighted by Crippen LogP contribution is -2.03. The van der Waals surface area contributed by atoms with Gasteiger partial charge in [-0.3, -0.25) is 0 Å². The van der Waals surface area contributed by atoms with Gasteiger partial charge in [0.25, 0.3) is 0 Å². The molecule has 0 aliphatic carbocycles. The van der Waals surface area contributed by atoms with Crippen molar-refractivity contribution in [3.8, 4) is 0 Å². The van der Waals surface area contributed by atoms with Crippen LogP contribution in [0.4, 0.5) is 0 Å². The highest BCUT2D eigenvalue weighted by atomic mass is 79.9. The standard InChI is InChI=1S/C14H10BrCl3O/c15-9-5-4-8(12(17)7-9)6-13(19)10-2-1-3-11(16)14(10)18/h1-5,7,13,19H,6H2. The minimum absolute atomic E-state index is 0.380. The second-order valence-electron chi connectivity index (χ2n) is 4.10. The molecule has 19 heavy (non-hydrogen) atoms. The van der Waals surface area contributed by atoms with Crippen molar-refractivity contribution >= 4 is 50.7 Å². The summed E-state index contributed by atoms with van der Waals surface area (Å²) in [7, 11) is 0. The molecule has 2 aromatic carbocycles. The van der Waals surface area contributed by atoms with Crippen LogP contribution in [0.5, 0.6) is 0 Å². The first-order valence-corrected chi connectivity index (χ1v) is 7.47. The molecule has 0 saturated heterocycles. The van der Waals surface area contributed by atoms with Crippen LogP contribution < -0.4 is 0 Å². The van der Waals surface area contributed by atoms with Gasteiger partial charge in [-0.1, -0.05) is 68.9 Å². The van der Waals surface area contributed by atoms with E-state index < -0.39 is 6.10 Å². The van der Waals surface area contributed by atoms with E-state index in [9.17, 15) is 5.11 Å². The van der Waals surface area contributed by atoms with Crippen LogP contribution in [0.2, 0.25) is 15.1 Å². The summed E-state index contributed by atoms with van der Waals surface area (Å²) in [5.74, 6) is 0. The molecule has 100 valence electrons. The van der Waals surface area contributed by atoms with Crippen molar-refractivity contribution in [3.63, 3.8) is 0 Å². The number of aliphatic hydroxyl groups is 1. The van der Waals surface area contributed by atoms with E-state index >= 15 is 0 Å². The maximum atomic E-state index is 10.3. The van der Waals surface area contributed by atoms with Gasteiger partial charge in [0.15, 0.2) is 0 Å². The van der Waals surface area contributed by atoms with E-state index in [0.29, 0.717) is 27.1 Å². The third-order valence-electron chi connectivity index (χ3n) is 2.77. The molecule has 0 fully saturated rings. The molecule has 0 heterocycles. The summed E-state index contributed by atoms with van der Waals surface area (Å²) in [6, 6.07) is 10.7. The van der Waals surface area contributed by atoms with Crippen LogP contribution in [0.25, 0.3) is 0 Å². The Labute approximate surface area is 135 Å². The Morgan fingerprint density at radius 3 is 2.47 bits per heavy atom. The molecule has 0 aliphatic heterocycles. The van der Waals surface area contributed by atoms with Crippen molar-refractivity contribution in [2.75, 3.05) is 0 Å². The lowest BCUT2D eigenvalue weighted by atomic mass is 10.0. The molecule has 0 aromatic heterocycles. The zero-order valence-corrected chi connectivity index (χ0v) is 13.6. The number of benzene rings is 2. The Morgan fingerprint density at radius 1 is 1.05 bits per heavy atom. The van der Waals surface area contributed by atoms with E-state index in [1.807, 2.05) is 12.1 Å². The van der Waals surface area contributed by atoms with Crippen molar-refractivity contribution in [1.82, 2.24) is 0 Å².